The fourth-order valence-corrected chi connectivity index (χ4v) is 4.11. The summed E-state index contributed by atoms with van der Waals surface area (Å²) in [4.78, 5) is 55.1. The van der Waals surface area contributed by atoms with E-state index in [1.165, 1.54) is 12.0 Å². The Morgan fingerprint density at radius 3 is 2.51 bits per heavy atom. The van der Waals surface area contributed by atoms with Crippen LogP contribution in [0.3, 0.4) is 0 Å². The van der Waals surface area contributed by atoms with Gasteiger partial charge in [-0.05, 0) is 36.5 Å². The molecular formula is C25H34ClN3O6. The summed E-state index contributed by atoms with van der Waals surface area (Å²) in [5, 5.41) is 3.11. The molecule has 2 rings (SSSR count). The van der Waals surface area contributed by atoms with E-state index in [1.54, 1.807) is 38.4 Å². The first-order chi connectivity index (χ1) is 16.7. The number of halogens is 1. The van der Waals surface area contributed by atoms with Gasteiger partial charge in [0, 0.05) is 25.5 Å². The van der Waals surface area contributed by atoms with Gasteiger partial charge in [0.1, 0.15) is 18.4 Å². The maximum atomic E-state index is 13.1. The molecule has 35 heavy (non-hydrogen) atoms. The van der Waals surface area contributed by atoms with Crippen molar-refractivity contribution in [2.24, 2.45) is 10.9 Å². The van der Waals surface area contributed by atoms with Crippen molar-refractivity contribution in [3.05, 3.63) is 34.9 Å². The van der Waals surface area contributed by atoms with Crippen molar-refractivity contribution < 1.29 is 28.7 Å². The number of nitrogens with one attached hydrogen (secondary N) is 1. The molecule has 1 aromatic carbocycles. The van der Waals surface area contributed by atoms with Crippen molar-refractivity contribution >= 4 is 41.2 Å². The van der Waals surface area contributed by atoms with E-state index in [9.17, 15) is 19.2 Å². The van der Waals surface area contributed by atoms with Crippen LogP contribution in [0.2, 0.25) is 5.02 Å². The summed E-state index contributed by atoms with van der Waals surface area (Å²) in [6, 6.07) is 5.83. The van der Waals surface area contributed by atoms with Gasteiger partial charge in [0.25, 0.3) is 5.91 Å². The molecular weight excluding hydrogens is 474 g/mol. The number of aliphatic imine (C=N–C) groups is 1. The van der Waals surface area contributed by atoms with Gasteiger partial charge in [-0.15, -0.1) is 0 Å². The van der Waals surface area contributed by atoms with Gasteiger partial charge in [0.2, 0.25) is 5.91 Å². The molecule has 0 unspecified atom stereocenters. The van der Waals surface area contributed by atoms with E-state index in [1.807, 2.05) is 0 Å². The molecule has 1 fully saturated rings. The second-order valence-electron chi connectivity index (χ2n) is 8.83. The smallest absolute Gasteiger partial charge is 0.434 e. The van der Waals surface area contributed by atoms with Crippen LogP contribution in [0.25, 0.3) is 0 Å². The first-order valence-electron chi connectivity index (χ1n) is 11.8. The highest BCUT2D eigenvalue weighted by atomic mass is 35.5. The van der Waals surface area contributed by atoms with Crippen molar-refractivity contribution in [2.75, 3.05) is 21.2 Å². The third kappa shape index (κ3) is 10.1. The fraction of sp³-hybridized carbons (Fsp3) is 0.560. The number of hydrogen-bond acceptors (Lipinski definition) is 6. The second-order valence-corrected chi connectivity index (χ2v) is 9.26. The predicted molar refractivity (Wildman–Crippen MR) is 132 cm³/mol. The third-order valence-electron chi connectivity index (χ3n) is 5.88. The van der Waals surface area contributed by atoms with Gasteiger partial charge in [0.05, 0.1) is 7.11 Å². The molecule has 0 aromatic heterocycles. The van der Waals surface area contributed by atoms with Gasteiger partial charge in [-0.3, -0.25) is 9.59 Å². The zero-order chi connectivity index (χ0) is 25.8. The lowest BCUT2D eigenvalue weighted by atomic mass is 9.85. The molecule has 1 atom stereocenters. The molecule has 10 heteroatoms. The Labute approximate surface area is 211 Å². The topological polar surface area (TPSA) is 114 Å². The van der Waals surface area contributed by atoms with Crippen LogP contribution < -0.4 is 5.32 Å². The molecule has 0 saturated heterocycles. The zero-order valence-electron chi connectivity index (χ0n) is 20.5. The Kier molecular flexibility index (Phi) is 11.7. The van der Waals surface area contributed by atoms with Gasteiger partial charge in [-0.25, -0.2) is 9.59 Å². The number of ether oxygens (including phenoxy) is 2. The van der Waals surface area contributed by atoms with E-state index in [0.717, 1.165) is 32.1 Å². The van der Waals surface area contributed by atoms with Crippen LogP contribution in [0, 0.1) is 5.92 Å². The molecule has 1 aromatic rings. The number of benzene rings is 1. The molecule has 3 amide bonds. The molecule has 9 nitrogen and oxygen atoms in total. The Bertz CT molecular complexity index is 928. The summed E-state index contributed by atoms with van der Waals surface area (Å²) < 4.78 is 10.0. The third-order valence-corrected chi connectivity index (χ3v) is 6.12. The van der Waals surface area contributed by atoms with Crippen molar-refractivity contribution in [2.45, 2.75) is 64.0 Å². The van der Waals surface area contributed by atoms with E-state index in [-0.39, 0.29) is 37.0 Å². The molecule has 0 heterocycles. The van der Waals surface area contributed by atoms with Gasteiger partial charge >= 0.3 is 12.1 Å². The summed E-state index contributed by atoms with van der Waals surface area (Å²) in [7, 11) is 4.43. The van der Waals surface area contributed by atoms with Gasteiger partial charge in [-0.1, -0.05) is 55.8 Å². The molecule has 0 aliphatic heterocycles. The van der Waals surface area contributed by atoms with Crippen molar-refractivity contribution in [1.82, 2.24) is 10.2 Å². The normalized spacial score (nSPS) is 15.1. The number of rotatable bonds is 10. The fourth-order valence-electron chi connectivity index (χ4n) is 3.89. The van der Waals surface area contributed by atoms with Crippen LogP contribution in [0.4, 0.5) is 4.79 Å². The summed E-state index contributed by atoms with van der Waals surface area (Å²) in [5.74, 6) is -1.30. The molecule has 0 bridgehead atoms. The van der Waals surface area contributed by atoms with Gasteiger partial charge in [-0.2, -0.15) is 4.99 Å². The minimum absolute atomic E-state index is 0.000772. The van der Waals surface area contributed by atoms with Crippen LogP contribution >= 0.6 is 11.6 Å². The maximum absolute atomic E-state index is 13.1. The van der Waals surface area contributed by atoms with Crippen LogP contribution in [0.15, 0.2) is 29.3 Å². The predicted octanol–water partition coefficient (Wildman–Crippen LogP) is 3.91. The molecule has 192 valence electrons. The molecule has 1 aliphatic carbocycles. The number of esters is 1. The van der Waals surface area contributed by atoms with Crippen molar-refractivity contribution in [3.8, 4) is 0 Å². The Balaban J connectivity index is 2.13. The lowest BCUT2D eigenvalue weighted by Gasteiger charge is -2.23. The molecule has 1 saturated carbocycles. The summed E-state index contributed by atoms with van der Waals surface area (Å²) in [6.07, 6.45) is 4.61. The van der Waals surface area contributed by atoms with E-state index in [2.05, 4.69) is 10.3 Å². The summed E-state index contributed by atoms with van der Waals surface area (Å²) in [6.45, 7) is -0.0430. The van der Waals surface area contributed by atoms with Gasteiger partial charge in [0.15, 0.2) is 0 Å². The van der Waals surface area contributed by atoms with Crippen molar-refractivity contribution in [3.63, 3.8) is 0 Å². The van der Waals surface area contributed by atoms with Crippen LogP contribution in [0.1, 0.15) is 56.9 Å². The Hall–Kier alpha value is -2.94. The summed E-state index contributed by atoms with van der Waals surface area (Å²) >= 11 is 5.96. The van der Waals surface area contributed by atoms with E-state index >= 15 is 0 Å². The standard InChI is InChI=1S/C25H34ClN3O6/c1-29(2)22(30)13-12-20(24(32)34-3)27-23(31)21(15-17-8-5-4-6-9-17)28-25(33)35-16-18-10-7-11-19(26)14-18/h7,10-11,14,17,20H,4-6,8-9,12-13,15-16H2,1-3H3,(H,27,31)/b28-21+/t20-/m0/s1. The minimum Gasteiger partial charge on any atom is -0.467 e. The number of nitrogens with zero attached hydrogens (tertiary/aromatic N) is 2. The highest BCUT2D eigenvalue weighted by Crippen LogP contribution is 2.27. The van der Waals surface area contributed by atoms with E-state index in [4.69, 9.17) is 21.1 Å². The first-order valence-corrected chi connectivity index (χ1v) is 12.1. The van der Waals surface area contributed by atoms with Crippen LogP contribution in [-0.2, 0) is 30.5 Å². The van der Waals surface area contributed by atoms with Gasteiger partial charge < -0.3 is 19.7 Å². The number of methoxy groups -OCH3 is 1. The molecule has 0 spiro atoms. The lowest BCUT2D eigenvalue weighted by Crippen LogP contribution is -2.45. The number of amides is 3. The quantitative estimate of drug-likeness (QED) is 0.379. The van der Waals surface area contributed by atoms with Crippen LogP contribution in [-0.4, -0.2) is 61.7 Å². The largest absolute Gasteiger partial charge is 0.467 e. The lowest BCUT2D eigenvalue weighted by molar-refractivity contribution is -0.144. The zero-order valence-corrected chi connectivity index (χ0v) is 21.3. The molecule has 0 radical (unpaired) electrons. The highest BCUT2D eigenvalue weighted by molar-refractivity contribution is 6.40. The van der Waals surface area contributed by atoms with Crippen LogP contribution in [0.5, 0.6) is 0 Å². The van der Waals surface area contributed by atoms with E-state index in [0.29, 0.717) is 17.0 Å². The summed E-state index contributed by atoms with van der Waals surface area (Å²) in [5.41, 5.74) is 0.691. The highest BCUT2D eigenvalue weighted by Gasteiger charge is 2.27. The SMILES string of the molecule is COC(=O)[C@H](CCC(=O)N(C)C)NC(=O)/C(CC1CCCCC1)=N/C(=O)OCc1cccc(Cl)c1. The Morgan fingerprint density at radius 2 is 1.89 bits per heavy atom. The van der Waals surface area contributed by atoms with E-state index < -0.39 is 24.0 Å². The average Bonchev–Trinajstić information content (AvgIpc) is 2.84. The second kappa shape index (κ2) is 14.5. The molecule has 1 N–H and O–H groups in total. The number of carbonyl (C=O) groups excluding carboxylic acids is 4. The Morgan fingerprint density at radius 1 is 1.17 bits per heavy atom. The molecule has 1 aliphatic rings. The average molecular weight is 508 g/mol. The number of hydrogen-bond donors (Lipinski definition) is 1. The van der Waals surface area contributed by atoms with Crippen molar-refractivity contribution in [1.29, 1.82) is 0 Å². The maximum Gasteiger partial charge on any atom is 0.434 e. The first kappa shape index (κ1) is 28.3. The monoisotopic (exact) mass is 507 g/mol. The minimum atomic E-state index is -1.05. The number of carbonyl (C=O) groups is 4.